The van der Waals surface area contributed by atoms with Gasteiger partial charge < -0.3 is 5.32 Å². The van der Waals surface area contributed by atoms with E-state index < -0.39 is 10.0 Å². The summed E-state index contributed by atoms with van der Waals surface area (Å²) >= 11 is 6.19. The summed E-state index contributed by atoms with van der Waals surface area (Å²) in [6.45, 7) is 9.78. The fourth-order valence-corrected chi connectivity index (χ4v) is 3.79. The minimum absolute atomic E-state index is 0.225. The number of nitrogens with one attached hydrogen (secondary N) is 1. The van der Waals surface area contributed by atoms with Gasteiger partial charge >= 0.3 is 0 Å². The average molecular weight is 331 g/mol. The van der Waals surface area contributed by atoms with Crippen molar-refractivity contribution in [2.24, 2.45) is 0 Å². The van der Waals surface area contributed by atoms with Crippen LogP contribution in [0.25, 0.3) is 0 Å². The Labute approximate surface area is 132 Å². The standard InChI is InChI=1S/C15H23ClN2O2S/c1-4-9-18(10-5-2)21(19,20)14-8-7-13(12-17-6-3)15(16)11-14/h4,7-8,11,17H,1,5-6,9-10,12H2,2-3H3. The summed E-state index contributed by atoms with van der Waals surface area (Å²) in [6.07, 6.45) is 2.34. The van der Waals surface area contributed by atoms with Gasteiger partial charge in [0.05, 0.1) is 4.90 Å². The highest BCUT2D eigenvalue weighted by Crippen LogP contribution is 2.23. The zero-order valence-electron chi connectivity index (χ0n) is 12.6. The van der Waals surface area contributed by atoms with Gasteiger partial charge in [-0.1, -0.05) is 37.6 Å². The van der Waals surface area contributed by atoms with Crippen molar-refractivity contribution >= 4 is 21.6 Å². The van der Waals surface area contributed by atoms with Gasteiger partial charge in [0.1, 0.15) is 0 Å². The zero-order valence-corrected chi connectivity index (χ0v) is 14.2. The quantitative estimate of drug-likeness (QED) is 0.708. The van der Waals surface area contributed by atoms with Gasteiger partial charge in [0.15, 0.2) is 0 Å². The lowest BCUT2D eigenvalue weighted by atomic mass is 10.2. The molecule has 21 heavy (non-hydrogen) atoms. The van der Waals surface area contributed by atoms with Crippen LogP contribution in [0.4, 0.5) is 0 Å². The van der Waals surface area contributed by atoms with E-state index in [0.717, 1.165) is 18.5 Å². The number of hydrogen-bond acceptors (Lipinski definition) is 3. The molecule has 0 radical (unpaired) electrons. The molecule has 0 saturated heterocycles. The molecule has 0 saturated carbocycles. The largest absolute Gasteiger partial charge is 0.313 e. The lowest BCUT2D eigenvalue weighted by molar-refractivity contribution is 0.441. The summed E-state index contributed by atoms with van der Waals surface area (Å²) in [4.78, 5) is 0.225. The summed E-state index contributed by atoms with van der Waals surface area (Å²) in [5.41, 5.74) is 0.892. The summed E-state index contributed by atoms with van der Waals surface area (Å²) in [7, 11) is -3.53. The minimum Gasteiger partial charge on any atom is -0.313 e. The summed E-state index contributed by atoms with van der Waals surface area (Å²) in [6, 6.07) is 4.89. The molecule has 0 bridgehead atoms. The molecule has 1 aromatic rings. The van der Waals surface area contributed by atoms with Crippen molar-refractivity contribution in [3.05, 3.63) is 41.4 Å². The molecule has 1 rings (SSSR count). The van der Waals surface area contributed by atoms with Gasteiger partial charge in [0, 0.05) is 24.7 Å². The number of hydrogen-bond donors (Lipinski definition) is 1. The van der Waals surface area contributed by atoms with Crippen molar-refractivity contribution in [1.29, 1.82) is 0 Å². The van der Waals surface area contributed by atoms with Crippen LogP contribution in [-0.4, -0.2) is 32.4 Å². The van der Waals surface area contributed by atoms with Crippen molar-refractivity contribution in [3.8, 4) is 0 Å². The second kappa shape index (κ2) is 8.54. The Morgan fingerprint density at radius 1 is 1.38 bits per heavy atom. The number of nitrogens with zero attached hydrogens (tertiary/aromatic N) is 1. The van der Waals surface area contributed by atoms with E-state index in [0.29, 0.717) is 24.7 Å². The Morgan fingerprint density at radius 3 is 2.62 bits per heavy atom. The van der Waals surface area contributed by atoms with Gasteiger partial charge in [-0.05, 0) is 30.7 Å². The van der Waals surface area contributed by atoms with Crippen molar-refractivity contribution in [2.75, 3.05) is 19.6 Å². The molecule has 6 heteroatoms. The smallest absolute Gasteiger partial charge is 0.243 e. The Bertz CT molecular complexity index is 573. The number of rotatable bonds is 9. The van der Waals surface area contributed by atoms with Gasteiger partial charge in [-0.2, -0.15) is 4.31 Å². The monoisotopic (exact) mass is 330 g/mol. The molecule has 118 valence electrons. The number of sulfonamides is 1. The Balaban J connectivity index is 3.07. The molecule has 1 N–H and O–H groups in total. The summed E-state index contributed by atoms with van der Waals surface area (Å²) in [5.74, 6) is 0. The van der Waals surface area contributed by atoms with Crippen LogP contribution in [-0.2, 0) is 16.6 Å². The molecular weight excluding hydrogens is 308 g/mol. The van der Waals surface area contributed by atoms with Crippen LogP contribution in [0.3, 0.4) is 0 Å². The summed E-state index contributed by atoms with van der Waals surface area (Å²) in [5, 5.41) is 3.63. The molecule has 4 nitrogen and oxygen atoms in total. The molecule has 0 heterocycles. The maximum atomic E-state index is 12.6. The molecule has 0 unspecified atom stereocenters. The van der Waals surface area contributed by atoms with E-state index in [-0.39, 0.29) is 4.90 Å². The summed E-state index contributed by atoms with van der Waals surface area (Å²) < 4.78 is 26.6. The van der Waals surface area contributed by atoms with E-state index in [1.165, 1.54) is 10.4 Å². The third-order valence-corrected chi connectivity index (χ3v) is 5.25. The molecule has 0 fully saturated rings. The fourth-order valence-electron chi connectivity index (χ4n) is 1.94. The third-order valence-electron chi connectivity index (χ3n) is 3.03. The molecule has 0 aromatic heterocycles. The van der Waals surface area contributed by atoms with Gasteiger partial charge in [0.2, 0.25) is 10.0 Å². The first-order valence-corrected chi connectivity index (χ1v) is 8.89. The highest BCUT2D eigenvalue weighted by atomic mass is 35.5. The van der Waals surface area contributed by atoms with Crippen molar-refractivity contribution in [1.82, 2.24) is 9.62 Å². The van der Waals surface area contributed by atoms with Crippen LogP contribution in [0.1, 0.15) is 25.8 Å². The molecule has 0 amide bonds. The van der Waals surface area contributed by atoms with Gasteiger partial charge in [0.25, 0.3) is 0 Å². The third kappa shape index (κ3) is 4.81. The topological polar surface area (TPSA) is 49.4 Å². The molecule has 0 atom stereocenters. The Kier molecular flexibility index (Phi) is 7.39. The fraction of sp³-hybridized carbons (Fsp3) is 0.467. The lowest BCUT2D eigenvalue weighted by Crippen LogP contribution is -2.32. The van der Waals surface area contributed by atoms with Gasteiger partial charge in [-0.3, -0.25) is 0 Å². The van der Waals surface area contributed by atoms with E-state index in [9.17, 15) is 8.42 Å². The average Bonchev–Trinajstić information content (AvgIpc) is 2.45. The molecule has 0 aliphatic carbocycles. The predicted molar refractivity (Wildman–Crippen MR) is 88.1 cm³/mol. The first-order chi connectivity index (χ1) is 9.97. The maximum Gasteiger partial charge on any atom is 0.243 e. The molecule has 0 spiro atoms. The SMILES string of the molecule is C=CCN(CCC)S(=O)(=O)c1ccc(CNCC)c(Cl)c1. The van der Waals surface area contributed by atoms with E-state index in [1.54, 1.807) is 18.2 Å². The second-order valence-corrected chi connectivity index (χ2v) is 7.03. The Hall–Kier alpha value is -0.880. The lowest BCUT2D eigenvalue weighted by Gasteiger charge is -2.20. The highest BCUT2D eigenvalue weighted by Gasteiger charge is 2.23. The highest BCUT2D eigenvalue weighted by molar-refractivity contribution is 7.89. The first-order valence-electron chi connectivity index (χ1n) is 7.07. The minimum atomic E-state index is -3.53. The number of benzene rings is 1. The van der Waals surface area contributed by atoms with E-state index >= 15 is 0 Å². The van der Waals surface area contributed by atoms with Crippen molar-refractivity contribution in [2.45, 2.75) is 31.7 Å². The molecule has 0 aliphatic heterocycles. The molecular formula is C15H23ClN2O2S. The normalized spacial score (nSPS) is 11.8. The second-order valence-electron chi connectivity index (χ2n) is 4.69. The van der Waals surface area contributed by atoms with Crippen molar-refractivity contribution in [3.63, 3.8) is 0 Å². The van der Waals surface area contributed by atoms with Crippen LogP contribution in [0, 0.1) is 0 Å². The molecule has 0 aliphatic rings. The van der Waals surface area contributed by atoms with Crippen LogP contribution in [0.15, 0.2) is 35.7 Å². The predicted octanol–water partition coefficient (Wildman–Crippen LogP) is 3.04. The van der Waals surface area contributed by atoms with Crippen LogP contribution in [0.2, 0.25) is 5.02 Å². The van der Waals surface area contributed by atoms with E-state index in [2.05, 4.69) is 11.9 Å². The number of halogens is 1. The first kappa shape index (κ1) is 18.2. The van der Waals surface area contributed by atoms with Crippen molar-refractivity contribution < 1.29 is 8.42 Å². The van der Waals surface area contributed by atoms with Gasteiger partial charge in [-0.25, -0.2) is 8.42 Å². The van der Waals surface area contributed by atoms with Gasteiger partial charge in [-0.15, -0.1) is 6.58 Å². The molecule has 1 aromatic carbocycles. The van der Waals surface area contributed by atoms with Crippen LogP contribution >= 0.6 is 11.6 Å². The maximum absolute atomic E-state index is 12.6. The van der Waals surface area contributed by atoms with E-state index in [4.69, 9.17) is 11.6 Å². The van der Waals surface area contributed by atoms with Crippen LogP contribution < -0.4 is 5.32 Å². The Morgan fingerprint density at radius 2 is 2.10 bits per heavy atom. The van der Waals surface area contributed by atoms with E-state index in [1.807, 2.05) is 13.8 Å². The van der Waals surface area contributed by atoms with Crippen LogP contribution in [0.5, 0.6) is 0 Å². The zero-order chi connectivity index (χ0) is 15.9.